The number of amides is 1. The van der Waals surface area contributed by atoms with Gasteiger partial charge in [-0.05, 0) is 42.5 Å². The second kappa shape index (κ2) is 8.76. The van der Waals surface area contributed by atoms with Crippen LogP contribution in [0.3, 0.4) is 0 Å². The van der Waals surface area contributed by atoms with Crippen LogP contribution in [0.15, 0.2) is 98.1 Å². The van der Waals surface area contributed by atoms with E-state index >= 15 is 0 Å². The molecule has 0 aliphatic heterocycles. The molecule has 0 radical (unpaired) electrons. The van der Waals surface area contributed by atoms with Gasteiger partial charge in [0.2, 0.25) is 5.91 Å². The Morgan fingerprint density at radius 1 is 0.939 bits per heavy atom. The third kappa shape index (κ3) is 4.33. The Morgan fingerprint density at radius 2 is 1.85 bits per heavy atom. The zero-order chi connectivity index (χ0) is 22.6. The largest absolute Gasteiger partial charge is 0.456 e. The van der Waals surface area contributed by atoms with Crippen LogP contribution in [0.4, 0.5) is 5.69 Å². The Hall–Kier alpha value is -4.78. The quantitative estimate of drug-likeness (QED) is 0.340. The first-order chi connectivity index (χ1) is 16.2. The molecule has 2 N–H and O–H groups in total. The highest BCUT2D eigenvalue weighted by molar-refractivity contribution is 5.99. The van der Waals surface area contributed by atoms with Crippen molar-refractivity contribution in [2.75, 3.05) is 5.32 Å². The minimum absolute atomic E-state index is 0.283. The lowest BCUT2D eigenvalue weighted by molar-refractivity contribution is -0.111. The number of ether oxygens (including phenoxy) is 1. The zero-order valence-corrected chi connectivity index (χ0v) is 17.5. The number of anilines is 1. The molecular weight excluding hydrogens is 414 g/mol. The number of fused-ring (bicyclic) bond motifs is 1. The first-order valence-electron chi connectivity index (χ1n) is 10.3. The van der Waals surface area contributed by atoms with Crippen LogP contribution in [0.1, 0.15) is 0 Å². The van der Waals surface area contributed by atoms with Gasteiger partial charge in [-0.2, -0.15) is 0 Å². The molecule has 33 heavy (non-hydrogen) atoms. The number of pyridine rings is 3. The van der Waals surface area contributed by atoms with Gasteiger partial charge in [0.15, 0.2) is 0 Å². The van der Waals surface area contributed by atoms with E-state index in [1.165, 1.54) is 6.08 Å². The number of hydrogen-bond donors (Lipinski definition) is 2. The van der Waals surface area contributed by atoms with Crippen molar-refractivity contribution in [1.29, 1.82) is 0 Å². The molecule has 160 valence electrons. The molecule has 5 aromatic rings. The highest BCUT2D eigenvalue weighted by atomic mass is 16.5. The third-order valence-electron chi connectivity index (χ3n) is 5.03. The fraction of sp³-hybridized carbons (Fsp3) is 0. The van der Waals surface area contributed by atoms with Crippen LogP contribution in [0, 0.1) is 0 Å². The van der Waals surface area contributed by atoms with Gasteiger partial charge < -0.3 is 15.0 Å². The molecule has 0 aliphatic carbocycles. The Bertz CT molecular complexity index is 1440. The fourth-order valence-corrected chi connectivity index (χ4v) is 3.46. The maximum Gasteiger partial charge on any atom is 0.247 e. The molecule has 1 aromatic carbocycles. The van der Waals surface area contributed by atoms with E-state index in [1.807, 2.05) is 54.9 Å². The summed E-state index contributed by atoms with van der Waals surface area (Å²) in [6, 6.07) is 18.8. The van der Waals surface area contributed by atoms with Gasteiger partial charge >= 0.3 is 0 Å². The number of carbonyl (C=O) groups is 1. The molecular formula is C26H19N5O2. The number of H-pyrrole nitrogens is 1. The van der Waals surface area contributed by atoms with Crippen LogP contribution >= 0.6 is 0 Å². The van der Waals surface area contributed by atoms with Crippen molar-refractivity contribution < 1.29 is 9.53 Å². The van der Waals surface area contributed by atoms with Crippen LogP contribution < -0.4 is 10.1 Å². The number of hydrogen-bond acceptors (Lipinski definition) is 5. The molecule has 0 atom stereocenters. The molecule has 0 aliphatic rings. The molecule has 0 spiro atoms. The van der Waals surface area contributed by atoms with E-state index in [4.69, 9.17) is 4.74 Å². The zero-order valence-electron chi connectivity index (χ0n) is 17.5. The smallest absolute Gasteiger partial charge is 0.247 e. The van der Waals surface area contributed by atoms with Crippen LogP contribution in [-0.4, -0.2) is 25.8 Å². The minimum atomic E-state index is -0.283. The maximum atomic E-state index is 11.5. The van der Waals surface area contributed by atoms with E-state index < -0.39 is 0 Å². The Balaban J connectivity index is 1.42. The third-order valence-corrected chi connectivity index (χ3v) is 5.03. The average Bonchev–Trinajstić information content (AvgIpc) is 3.28. The van der Waals surface area contributed by atoms with E-state index in [2.05, 4.69) is 31.8 Å². The SMILES string of the molecule is C=CC(=O)Nc1cccc(Oc2cnc3[nH]cc(-c4ccc(-c5ccccn5)nc4)c3c2)c1. The van der Waals surface area contributed by atoms with Crippen LogP contribution in [0.5, 0.6) is 11.5 Å². The Morgan fingerprint density at radius 3 is 2.64 bits per heavy atom. The van der Waals surface area contributed by atoms with Gasteiger partial charge in [0.05, 0.1) is 17.6 Å². The molecule has 1 amide bonds. The van der Waals surface area contributed by atoms with E-state index in [0.29, 0.717) is 17.2 Å². The molecule has 5 rings (SSSR count). The first kappa shape index (κ1) is 20.1. The van der Waals surface area contributed by atoms with E-state index in [1.54, 1.807) is 30.6 Å². The predicted octanol–water partition coefficient (Wildman–Crippen LogP) is 5.60. The topological polar surface area (TPSA) is 92.8 Å². The molecule has 7 nitrogen and oxygen atoms in total. The second-order valence-electron chi connectivity index (χ2n) is 7.24. The molecule has 0 fully saturated rings. The molecule has 0 unspecified atom stereocenters. The van der Waals surface area contributed by atoms with Gasteiger partial charge in [-0.25, -0.2) is 4.98 Å². The maximum absolute atomic E-state index is 11.5. The minimum Gasteiger partial charge on any atom is -0.456 e. The first-order valence-corrected chi connectivity index (χ1v) is 10.3. The van der Waals surface area contributed by atoms with E-state index in [9.17, 15) is 4.79 Å². The van der Waals surface area contributed by atoms with Crippen molar-refractivity contribution in [1.82, 2.24) is 19.9 Å². The second-order valence-corrected chi connectivity index (χ2v) is 7.24. The Labute approximate surface area is 189 Å². The number of nitrogens with one attached hydrogen (secondary N) is 2. The normalized spacial score (nSPS) is 10.7. The van der Waals surface area contributed by atoms with Gasteiger partial charge in [-0.1, -0.05) is 24.8 Å². The van der Waals surface area contributed by atoms with Gasteiger partial charge in [0, 0.05) is 46.9 Å². The van der Waals surface area contributed by atoms with Crippen molar-refractivity contribution in [3.63, 3.8) is 0 Å². The van der Waals surface area contributed by atoms with Gasteiger partial charge in [0.25, 0.3) is 0 Å². The standard InChI is InChI=1S/C26H19N5O2/c1-2-25(32)31-18-6-5-7-19(12-18)33-20-13-21-22(16-30-26(21)29-15-20)17-9-10-24(28-14-17)23-8-3-4-11-27-23/h2-16H,1H2,(H,29,30)(H,31,32). The number of rotatable bonds is 6. The summed E-state index contributed by atoms with van der Waals surface area (Å²) in [5.74, 6) is 0.875. The summed E-state index contributed by atoms with van der Waals surface area (Å²) in [4.78, 5) is 28.1. The fourth-order valence-electron chi connectivity index (χ4n) is 3.46. The lowest BCUT2D eigenvalue weighted by Crippen LogP contribution is -2.06. The number of benzene rings is 1. The number of aromatic nitrogens is 4. The van der Waals surface area contributed by atoms with Gasteiger partial charge in [-0.3, -0.25) is 14.8 Å². The van der Waals surface area contributed by atoms with Crippen molar-refractivity contribution >= 4 is 22.6 Å². The number of aromatic amines is 1. The molecule has 4 aromatic heterocycles. The number of nitrogens with zero attached hydrogens (tertiary/aromatic N) is 3. The predicted molar refractivity (Wildman–Crippen MR) is 128 cm³/mol. The average molecular weight is 433 g/mol. The summed E-state index contributed by atoms with van der Waals surface area (Å²) in [7, 11) is 0. The van der Waals surface area contributed by atoms with Crippen molar-refractivity contribution in [2.45, 2.75) is 0 Å². The molecule has 0 saturated carbocycles. The van der Waals surface area contributed by atoms with Gasteiger partial charge in [-0.15, -0.1) is 0 Å². The lowest BCUT2D eigenvalue weighted by Gasteiger charge is -2.08. The van der Waals surface area contributed by atoms with Crippen LogP contribution in [0.25, 0.3) is 33.5 Å². The summed E-state index contributed by atoms with van der Waals surface area (Å²) >= 11 is 0. The van der Waals surface area contributed by atoms with E-state index in [0.717, 1.165) is 33.5 Å². The molecule has 7 heteroatoms. The Kier molecular flexibility index (Phi) is 5.35. The molecule has 4 heterocycles. The lowest BCUT2D eigenvalue weighted by atomic mass is 10.1. The molecule has 0 saturated heterocycles. The van der Waals surface area contributed by atoms with Crippen molar-refractivity contribution in [3.05, 3.63) is 98.1 Å². The summed E-state index contributed by atoms with van der Waals surface area (Å²) in [5, 5.41) is 3.63. The monoisotopic (exact) mass is 433 g/mol. The summed E-state index contributed by atoms with van der Waals surface area (Å²) in [6.45, 7) is 3.46. The van der Waals surface area contributed by atoms with Crippen LogP contribution in [-0.2, 0) is 4.79 Å². The highest BCUT2D eigenvalue weighted by Gasteiger charge is 2.11. The number of carbonyl (C=O) groups excluding carboxylic acids is 1. The van der Waals surface area contributed by atoms with Crippen molar-refractivity contribution in [3.8, 4) is 34.0 Å². The highest BCUT2D eigenvalue weighted by Crippen LogP contribution is 2.32. The van der Waals surface area contributed by atoms with Gasteiger partial charge in [0.1, 0.15) is 17.1 Å². The summed E-state index contributed by atoms with van der Waals surface area (Å²) in [6.07, 6.45) is 8.35. The van der Waals surface area contributed by atoms with E-state index in [-0.39, 0.29) is 5.91 Å². The summed E-state index contributed by atoms with van der Waals surface area (Å²) < 4.78 is 6.00. The van der Waals surface area contributed by atoms with Crippen LogP contribution in [0.2, 0.25) is 0 Å². The van der Waals surface area contributed by atoms with Crippen molar-refractivity contribution in [2.24, 2.45) is 0 Å². The summed E-state index contributed by atoms with van der Waals surface area (Å²) in [5.41, 5.74) is 4.92. The molecule has 0 bridgehead atoms.